The number of fused-ring (bicyclic) bond motifs is 1. The normalized spacial score (nSPS) is 10.9. The van der Waals surface area contributed by atoms with Gasteiger partial charge in [0.1, 0.15) is 16.2 Å². The Bertz CT molecular complexity index is 958. The Labute approximate surface area is 137 Å². The summed E-state index contributed by atoms with van der Waals surface area (Å²) in [5.74, 6) is -0.427. The molecule has 3 aromatic rings. The third-order valence-electron chi connectivity index (χ3n) is 3.51. The van der Waals surface area contributed by atoms with Crippen molar-refractivity contribution in [1.82, 2.24) is 13.9 Å². The van der Waals surface area contributed by atoms with Gasteiger partial charge in [-0.3, -0.25) is 9.59 Å². The summed E-state index contributed by atoms with van der Waals surface area (Å²) in [7, 11) is 0. The van der Waals surface area contributed by atoms with E-state index in [-0.39, 0.29) is 11.0 Å². The lowest BCUT2D eigenvalue weighted by atomic mass is 10.1. The van der Waals surface area contributed by atoms with E-state index in [2.05, 4.69) is 14.7 Å². The monoisotopic (exact) mass is 328 g/mol. The third kappa shape index (κ3) is 2.87. The maximum absolute atomic E-state index is 12.6. The molecule has 0 fully saturated rings. The van der Waals surface area contributed by atoms with E-state index in [0.717, 1.165) is 11.4 Å². The molecular weight excluding hydrogens is 312 g/mol. The minimum atomic E-state index is -0.427. The van der Waals surface area contributed by atoms with Crippen LogP contribution in [-0.2, 0) is 6.54 Å². The van der Waals surface area contributed by atoms with Crippen LogP contribution in [0.5, 0.6) is 0 Å². The number of pyridine rings is 2. The first-order valence-electron chi connectivity index (χ1n) is 7.25. The van der Waals surface area contributed by atoms with Crippen molar-refractivity contribution in [2.24, 2.45) is 0 Å². The minimum absolute atomic E-state index is 0.107. The van der Waals surface area contributed by atoms with Crippen LogP contribution in [0.2, 0.25) is 0 Å². The lowest BCUT2D eigenvalue weighted by Crippen LogP contribution is -2.24. The minimum Gasteiger partial charge on any atom is -0.332 e. The lowest BCUT2D eigenvalue weighted by molar-refractivity contribution is 0.102. The number of carbonyl (C=O) groups excluding carboxylic acids is 1. The number of aryl methyl sites for hydroxylation is 3. The number of rotatable bonds is 3. The lowest BCUT2D eigenvalue weighted by Gasteiger charge is -2.11. The molecule has 0 saturated carbocycles. The quantitative estimate of drug-likeness (QED) is 0.802. The SMILES string of the molecule is CCn1cc(C(=O)Nc2cc(C)ns2)c(=O)c2ccc(C)nc21. The maximum Gasteiger partial charge on any atom is 0.261 e. The molecule has 0 aliphatic heterocycles. The Morgan fingerprint density at radius 3 is 2.74 bits per heavy atom. The van der Waals surface area contributed by atoms with E-state index in [1.165, 1.54) is 11.5 Å². The van der Waals surface area contributed by atoms with E-state index in [1.54, 1.807) is 24.4 Å². The second-order valence-corrected chi connectivity index (χ2v) is 6.07. The molecule has 6 nitrogen and oxygen atoms in total. The van der Waals surface area contributed by atoms with Crippen molar-refractivity contribution in [1.29, 1.82) is 0 Å². The summed E-state index contributed by atoms with van der Waals surface area (Å²) >= 11 is 1.19. The van der Waals surface area contributed by atoms with Crippen LogP contribution in [0, 0.1) is 13.8 Å². The first kappa shape index (κ1) is 15.4. The average molecular weight is 328 g/mol. The van der Waals surface area contributed by atoms with E-state index < -0.39 is 5.91 Å². The molecule has 0 radical (unpaired) electrons. The van der Waals surface area contributed by atoms with Crippen molar-refractivity contribution in [3.8, 4) is 0 Å². The number of nitrogens with one attached hydrogen (secondary N) is 1. The summed E-state index contributed by atoms with van der Waals surface area (Å²) in [6, 6.07) is 5.27. The van der Waals surface area contributed by atoms with Gasteiger partial charge < -0.3 is 9.88 Å². The van der Waals surface area contributed by atoms with Crippen LogP contribution >= 0.6 is 11.5 Å². The largest absolute Gasteiger partial charge is 0.332 e. The zero-order chi connectivity index (χ0) is 16.6. The number of anilines is 1. The molecule has 23 heavy (non-hydrogen) atoms. The average Bonchev–Trinajstić information content (AvgIpc) is 2.92. The molecule has 0 aliphatic carbocycles. The zero-order valence-electron chi connectivity index (χ0n) is 13.1. The van der Waals surface area contributed by atoms with Crippen LogP contribution in [0.3, 0.4) is 0 Å². The Balaban J connectivity index is 2.10. The Morgan fingerprint density at radius 2 is 2.09 bits per heavy atom. The highest BCUT2D eigenvalue weighted by molar-refractivity contribution is 7.10. The van der Waals surface area contributed by atoms with Crippen LogP contribution in [0.1, 0.15) is 28.7 Å². The summed E-state index contributed by atoms with van der Waals surface area (Å²) < 4.78 is 5.93. The van der Waals surface area contributed by atoms with Crippen molar-refractivity contribution in [3.63, 3.8) is 0 Å². The fourth-order valence-corrected chi connectivity index (χ4v) is 3.02. The van der Waals surface area contributed by atoms with E-state index in [4.69, 9.17) is 0 Å². The molecule has 0 atom stereocenters. The number of hydrogen-bond donors (Lipinski definition) is 1. The van der Waals surface area contributed by atoms with Gasteiger partial charge >= 0.3 is 0 Å². The summed E-state index contributed by atoms with van der Waals surface area (Å²) in [6.07, 6.45) is 1.57. The zero-order valence-corrected chi connectivity index (χ0v) is 13.9. The summed E-state index contributed by atoms with van der Waals surface area (Å²) in [6.45, 7) is 6.28. The third-order valence-corrected chi connectivity index (χ3v) is 4.31. The van der Waals surface area contributed by atoms with Crippen molar-refractivity contribution in [3.05, 3.63) is 51.6 Å². The van der Waals surface area contributed by atoms with E-state index in [0.29, 0.717) is 22.6 Å². The molecule has 0 unspecified atom stereocenters. The number of nitrogens with zero attached hydrogens (tertiary/aromatic N) is 3. The van der Waals surface area contributed by atoms with Gasteiger partial charge in [-0.25, -0.2) is 4.98 Å². The Kier molecular flexibility index (Phi) is 3.96. The Morgan fingerprint density at radius 1 is 1.30 bits per heavy atom. The van der Waals surface area contributed by atoms with Crippen molar-refractivity contribution in [2.75, 3.05) is 5.32 Å². The van der Waals surface area contributed by atoms with Crippen LogP contribution in [0.4, 0.5) is 5.00 Å². The molecule has 3 rings (SSSR count). The molecule has 7 heteroatoms. The molecule has 1 N–H and O–H groups in total. The standard InChI is InChI=1S/C16H16N4O2S/c1-4-20-8-12(16(22)18-13-7-10(3)19-23-13)14(21)11-6-5-9(2)17-15(11)20/h5-8H,4H2,1-3H3,(H,18,22). The summed E-state index contributed by atoms with van der Waals surface area (Å²) in [4.78, 5) is 29.5. The molecule has 118 valence electrons. The van der Waals surface area contributed by atoms with E-state index in [1.807, 2.05) is 25.3 Å². The van der Waals surface area contributed by atoms with Crippen LogP contribution in [0.15, 0.2) is 29.2 Å². The number of aromatic nitrogens is 3. The fraction of sp³-hybridized carbons (Fsp3) is 0.250. The number of hydrogen-bond acceptors (Lipinski definition) is 5. The molecule has 0 aromatic carbocycles. The molecule has 0 saturated heterocycles. The topological polar surface area (TPSA) is 76.9 Å². The van der Waals surface area contributed by atoms with Crippen molar-refractivity contribution < 1.29 is 4.79 Å². The molecule has 0 spiro atoms. The molecule has 0 aliphatic rings. The smallest absolute Gasteiger partial charge is 0.261 e. The van der Waals surface area contributed by atoms with E-state index >= 15 is 0 Å². The molecule has 3 aromatic heterocycles. The highest BCUT2D eigenvalue weighted by Gasteiger charge is 2.16. The second-order valence-electron chi connectivity index (χ2n) is 5.27. The van der Waals surface area contributed by atoms with Gasteiger partial charge in [0, 0.05) is 18.4 Å². The molecule has 0 bridgehead atoms. The van der Waals surface area contributed by atoms with Gasteiger partial charge in [-0.1, -0.05) is 0 Å². The second kappa shape index (κ2) is 5.92. The Hall–Kier alpha value is -2.54. The van der Waals surface area contributed by atoms with Gasteiger partial charge in [-0.2, -0.15) is 4.37 Å². The first-order chi connectivity index (χ1) is 11.0. The fourth-order valence-electron chi connectivity index (χ4n) is 2.36. The van der Waals surface area contributed by atoms with Gasteiger partial charge in [-0.05, 0) is 50.5 Å². The number of amides is 1. The predicted octanol–water partition coefficient (Wildman–Crippen LogP) is 2.74. The van der Waals surface area contributed by atoms with Crippen LogP contribution in [-0.4, -0.2) is 19.8 Å². The number of carbonyl (C=O) groups is 1. The predicted molar refractivity (Wildman–Crippen MR) is 91.2 cm³/mol. The maximum atomic E-state index is 12.6. The van der Waals surface area contributed by atoms with Gasteiger partial charge in [0.25, 0.3) is 5.91 Å². The molecule has 1 amide bonds. The first-order valence-corrected chi connectivity index (χ1v) is 8.02. The van der Waals surface area contributed by atoms with Gasteiger partial charge in [0.2, 0.25) is 5.43 Å². The van der Waals surface area contributed by atoms with Crippen molar-refractivity contribution >= 4 is 33.5 Å². The summed E-state index contributed by atoms with van der Waals surface area (Å²) in [5, 5.41) is 3.80. The van der Waals surface area contributed by atoms with Gasteiger partial charge in [-0.15, -0.1) is 0 Å². The van der Waals surface area contributed by atoms with E-state index in [9.17, 15) is 9.59 Å². The highest BCUT2D eigenvalue weighted by Crippen LogP contribution is 2.17. The summed E-state index contributed by atoms with van der Waals surface area (Å²) in [5.41, 5.74) is 2.06. The molecule has 3 heterocycles. The van der Waals surface area contributed by atoms with Gasteiger partial charge in [0.15, 0.2) is 0 Å². The van der Waals surface area contributed by atoms with Gasteiger partial charge in [0.05, 0.1) is 11.1 Å². The molecular formula is C16H16N4O2S. The van der Waals surface area contributed by atoms with Crippen LogP contribution < -0.4 is 10.7 Å². The van der Waals surface area contributed by atoms with Crippen molar-refractivity contribution in [2.45, 2.75) is 27.3 Å². The highest BCUT2D eigenvalue weighted by atomic mass is 32.1. The van der Waals surface area contributed by atoms with Crippen LogP contribution in [0.25, 0.3) is 11.0 Å².